The number of para-hydroxylation sites is 1. The summed E-state index contributed by atoms with van der Waals surface area (Å²) < 4.78 is 0. The average molecular weight is 459 g/mol. The van der Waals surface area contributed by atoms with Gasteiger partial charge >= 0.3 is 0 Å². The fourth-order valence-corrected chi connectivity index (χ4v) is 5.15. The van der Waals surface area contributed by atoms with Crippen LogP contribution < -0.4 is 5.32 Å². The van der Waals surface area contributed by atoms with Gasteiger partial charge in [0.25, 0.3) is 11.8 Å². The monoisotopic (exact) mass is 458 g/mol. The van der Waals surface area contributed by atoms with E-state index < -0.39 is 11.5 Å². The second-order valence-corrected chi connectivity index (χ2v) is 10.4. The zero-order valence-electron chi connectivity index (χ0n) is 19.7. The van der Waals surface area contributed by atoms with Crippen LogP contribution in [0.2, 0.25) is 0 Å². The third kappa shape index (κ3) is 3.95. The normalized spacial score (nSPS) is 20.6. The van der Waals surface area contributed by atoms with E-state index in [0.29, 0.717) is 24.3 Å². The van der Waals surface area contributed by atoms with Crippen molar-refractivity contribution in [3.05, 3.63) is 71.9 Å². The quantitative estimate of drug-likeness (QED) is 0.628. The Kier molecular flexibility index (Phi) is 5.42. The number of piperazine rings is 1. The number of nitrogens with zero attached hydrogens (tertiary/aromatic N) is 2. The van der Waals surface area contributed by atoms with Crippen LogP contribution in [0.3, 0.4) is 0 Å². The Hall–Kier alpha value is -3.61. The van der Waals surface area contributed by atoms with Gasteiger partial charge in [-0.15, -0.1) is 0 Å². The molecule has 2 N–H and O–H groups in total. The highest BCUT2D eigenvalue weighted by Gasteiger charge is 2.49. The fourth-order valence-electron chi connectivity index (χ4n) is 5.15. The Labute approximate surface area is 199 Å². The van der Waals surface area contributed by atoms with E-state index in [9.17, 15) is 14.4 Å². The van der Waals surface area contributed by atoms with Crippen molar-refractivity contribution in [1.29, 1.82) is 0 Å². The largest absolute Gasteiger partial charge is 0.351 e. The van der Waals surface area contributed by atoms with Crippen molar-refractivity contribution < 1.29 is 14.4 Å². The molecule has 0 saturated carbocycles. The minimum Gasteiger partial charge on any atom is -0.351 e. The van der Waals surface area contributed by atoms with Crippen LogP contribution in [-0.2, 0) is 4.79 Å². The summed E-state index contributed by atoms with van der Waals surface area (Å²) in [5.41, 5.74) is 1.52. The number of aromatic amines is 1. The Bertz CT molecular complexity index is 1210. The molecule has 0 spiro atoms. The van der Waals surface area contributed by atoms with Crippen molar-refractivity contribution >= 4 is 28.6 Å². The fraction of sp³-hybridized carbons (Fsp3) is 0.370. The maximum atomic E-state index is 13.7. The molecule has 7 nitrogen and oxygen atoms in total. The minimum atomic E-state index is -0.677. The SMILES string of the molecule is CC(C)(C)[C@H](NC(=O)c1cc2ccccc2[nH]1)C(=O)N1C[C@@H]2C[C@H]1CN2C(=O)c1ccccc1. The molecule has 3 atom stereocenters. The summed E-state index contributed by atoms with van der Waals surface area (Å²) >= 11 is 0. The Morgan fingerprint density at radius 1 is 0.941 bits per heavy atom. The lowest BCUT2D eigenvalue weighted by atomic mass is 9.85. The van der Waals surface area contributed by atoms with Crippen molar-refractivity contribution in [1.82, 2.24) is 20.1 Å². The van der Waals surface area contributed by atoms with Crippen LogP contribution in [-0.4, -0.2) is 63.7 Å². The molecule has 5 rings (SSSR count). The molecule has 2 saturated heterocycles. The molecule has 0 radical (unpaired) electrons. The van der Waals surface area contributed by atoms with Crippen LogP contribution in [0.1, 0.15) is 48.0 Å². The number of fused-ring (bicyclic) bond motifs is 3. The van der Waals surface area contributed by atoms with Crippen LogP contribution in [0.15, 0.2) is 60.7 Å². The number of carbonyl (C=O) groups excluding carboxylic acids is 3. The molecule has 7 heteroatoms. The molecule has 2 aromatic carbocycles. The van der Waals surface area contributed by atoms with E-state index in [1.54, 1.807) is 6.07 Å². The van der Waals surface area contributed by atoms with Gasteiger partial charge in [0.2, 0.25) is 5.91 Å². The van der Waals surface area contributed by atoms with E-state index >= 15 is 0 Å². The van der Waals surface area contributed by atoms with Gasteiger partial charge in [0.1, 0.15) is 11.7 Å². The standard InChI is InChI=1S/C27H30N4O3/c1-27(2,3)23(29-24(32)22-13-18-11-7-8-12-21(18)28-22)26(34)31-16-19-14-20(31)15-30(19)25(33)17-9-5-4-6-10-17/h4-13,19-20,23,28H,14-16H2,1-3H3,(H,29,32)/t19-,20-,23+/m0/s1. The number of hydrogen-bond donors (Lipinski definition) is 2. The molecule has 0 aliphatic carbocycles. The number of benzene rings is 2. The van der Waals surface area contributed by atoms with E-state index in [4.69, 9.17) is 0 Å². The second kappa shape index (κ2) is 8.31. The third-order valence-corrected chi connectivity index (χ3v) is 6.97. The summed E-state index contributed by atoms with van der Waals surface area (Å²) in [7, 11) is 0. The van der Waals surface area contributed by atoms with Crippen LogP contribution in [0, 0.1) is 5.41 Å². The summed E-state index contributed by atoms with van der Waals surface area (Å²) in [6, 6.07) is 18.1. The van der Waals surface area contributed by atoms with E-state index in [2.05, 4.69) is 10.3 Å². The molecule has 2 aliphatic heterocycles. The van der Waals surface area contributed by atoms with Crippen molar-refractivity contribution in [2.75, 3.05) is 13.1 Å². The maximum absolute atomic E-state index is 13.7. The molecule has 3 heterocycles. The maximum Gasteiger partial charge on any atom is 0.268 e. The van der Waals surface area contributed by atoms with Crippen molar-refractivity contribution in [3.8, 4) is 0 Å². The molecule has 2 fully saturated rings. The van der Waals surface area contributed by atoms with Gasteiger partial charge in [-0.1, -0.05) is 57.2 Å². The predicted octanol–water partition coefficient (Wildman–Crippen LogP) is 3.44. The first-order valence-electron chi connectivity index (χ1n) is 11.8. The summed E-state index contributed by atoms with van der Waals surface area (Å²) in [5.74, 6) is -0.370. The van der Waals surface area contributed by atoms with Gasteiger partial charge in [-0.2, -0.15) is 0 Å². The molecular weight excluding hydrogens is 428 g/mol. The van der Waals surface area contributed by atoms with E-state index in [0.717, 1.165) is 17.3 Å². The van der Waals surface area contributed by atoms with Gasteiger partial charge in [0.15, 0.2) is 0 Å². The van der Waals surface area contributed by atoms with E-state index in [1.807, 2.05) is 85.2 Å². The Morgan fingerprint density at radius 3 is 2.24 bits per heavy atom. The molecule has 176 valence electrons. The van der Waals surface area contributed by atoms with Gasteiger partial charge in [0.05, 0.1) is 12.1 Å². The van der Waals surface area contributed by atoms with Crippen LogP contribution >= 0.6 is 0 Å². The van der Waals surface area contributed by atoms with Gasteiger partial charge in [-0.3, -0.25) is 14.4 Å². The summed E-state index contributed by atoms with van der Waals surface area (Å²) in [6.07, 6.45) is 0.775. The molecule has 1 aromatic heterocycles. The molecule has 3 aromatic rings. The molecular formula is C27H30N4O3. The zero-order valence-corrected chi connectivity index (χ0v) is 19.7. The lowest BCUT2D eigenvalue weighted by Crippen LogP contribution is -2.59. The highest BCUT2D eigenvalue weighted by molar-refractivity contribution is 6.00. The predicted molar refractivity (Wildman–Crippen MR) is 130 cm³/mol. The average Bonchev–Trinajstić information content (AvgIpc) is 3.55. The van der Waals surface area contributed by atoms with E-state index in [-0.39, 0.29) is 29.8 Å². The van der Waals surface area contributed by atoms with Crippen LogP contribution in [0.4, 0.5) is 0 Å². The van der Waals surface area contributed by atoms with Gasteiger partial charge < -0.3 is 20.1 Å². The minimum absolute atomic E-state index is 0.00619. The lowest BCUT2D eigenvalue weighted by molar-refractivity contribution is -0.138. The summed E-state index contributed by atoms with van der Waals surface area (Å²) in [6.45, 7) is 6.90. The summed E-state index contributed by atoms with van der Waals surface area (Å²) in [4.78, 5) is 46.6. The van der Waals surface area contributed by atoms with Crippen molar-refractivity contribution in [3.63, 3.8) is 0 Å². The van der Waals surface area contributed by atoms with Crippen molar-refractivity contribution in [2.45, 2.75) is 45.3 Å². The van der Waals surface area contributed by atoms with Gasteiger partial charge in [0, 0.05) is 29.6 Å². The Balaban J connectivity index is 1.30. The lowest BCUT2D eigenvalue weighted by Gasteiger charge is -2.39. The zero-order chi connectivity index (χ0) is 24.0. The first-order valence-corrected chi connectivity index (χ1v) is 11.8. The van der Waals surface area contributed by atoms with Crippen LogP contribution in [0.25, 0.3) is 10.9 Å². The number of amides is 3. The number of rotatable bonds is 4. The molecule has 3 amide bonds. The van der Waals surface area contributed by atoms with Crippen LogP contribution in [0.5, 0.6) is 0 Å². The first kappa shape index (κ1) is 22.2. The molecule has 0 unspecified atom stereocenters. The topological polar surface area (TPSA) is 85.5 Å². The number of hydrogen-bond acceptors (Lipinski definition) is 3. The number of H-pyrrole nitrogens is 1. The smallest absolute Gasteiger partial charge is 0.268 e. The highest BCUT2D eigenvalue weighted by Crippen LogP contribution is 2.34. The molecule has 2 aliphatic rings. The van der Waals surface area contributed by atoms with E-state index in [1.165, 1.54) is 0 Å². The molecule has 34 heavy (non-hydrogen) atoms. The first-order chi connectivity index (χ1) is 16.2. The number of aromatic nitrogens is 1. The van der Waals surface area contributed by atoms with Crippen molar-refractivity contribution in [2.24, 2.45) is 5.41 Å². The second-order valence-electron chi connectivity index (χ2n) is 10.4. The molecule has 2 bridgehead atoms. The third-order valence-electron chi connectivity index (χ3n) is 6.97. The summed E-state index contributed by atoms with van der Waals surface area (Å²) in [5, 5.41) is 3.94. The number of carbonyl (C=O) groups is 3. The number of nitrogens with one attached hydrogen (secondary N) is 2. The number of likely N-dealkylation sites (tertiary alicyclic amines) is 2. The van der Waals surface area contributed by atoms with Gasteiger partial charge in [-0.25, -0.2) is 0 Å². The highest BCUT2D eigenvalue weighted by atomic mass is 16.2. The van der Waals surface area contributed by atoms with Gasteiger partial charge in [-0.05, 0) is 36.1 Å². The Morgan fingerprint density at radius 2 is 1.59 bits per heavy atom.